The zero-order valence-corrected chi connectivity index (χ0v) is 12.8. The molecule has 0 aliphatic heterocycles. The molecule has 0 radical (unpaired) electrons. The molecule has 0 bridgehead atoms. The third kappa shape index (κ3) is 3.80. The minimum Gasteiger partial charge on any atom is -0.383 e. The monoisotopic (exact) mass is 261 g/mol. The quantitative estimate of drug-likeness (QED) is 0.761. The van der Waals surface area contributed by atoms with Crippen LogP contribution in [0.2, 0.25) is 0 Å². The highest BCUT2D eigenvalue weighted by Crippen LogP contribution is 2.48. The number of aryl methyl sites for hydroxylation is 3. The van der Waals surface area contributed by atoms with E-state index in [1.807, 2.05) is 0 Å². The third-order valence-electron chi connectivity index (χ3n) is 4.33. The van der Waals surface area contributed by atoms with E-state index in [2.05, 4.69) is 38.2 Å². The molecular formula is C17H27NO. The molecule has 0 spiro atoms. The van der Waals surface area contributed by atoms with E-state index in [4.69, 9.17) is 4.74 Å². The summed E-state index contributed by atoms with van der Waals surface area (Å²) in [6, 6.07) is 4.63. The molecule has 0 atom stereocenters. The van der Waals surface area contributed by atoms with E-state index < -0.39 is 0 Å². The molecule has 2 nitrogen and oxygen atoms in total. The van der Waals surface area contributed by atoms with Gasteiger partial charge in [-0.3, -0.25) is 0 Å². The average molecular weight is 261 g/mol. The van der Waals surface area contributed by atoms with Crippen LogP contribution in [0.4, 0.5) is 0 Å². The van der Waals surface area contributed by atoms with Gasteiger partial charge in [-0.25, -0.2) is 0 Å². The molecule has 1 aliphatic carbocycles. The summed E-state index contributed by atoms with van der Waals surface area (Å²) in [6.07, 6.45) is 3.95. The van der Waals surface area contributed by atoms with E-state index in [1.54, 1.807) is 12.7 Å². The molecule has 0 unspecified atom stereocenters. The molecule has 2 heteroatoms. The van der Waals surface area contributed by atoms with Gasteiger partial charge in [0.05, 0.1) is 6.61 Å². The minimum absolute atomic E-state index is 0.512. The van der Waals surface area contributed by atoms with Gasteiger partial charge in [-0.1, -0.05) is 17.7 Å². The Morgan fingerprint density at radius 2 is 1.79 bits per heavy atom. The molecule has 1 aliphatic rings. The molecule has 2 rings (SSSR count). The van der Waals surface area contributed by atoms with Crippen LogP contribution in [0.3, 0.4) is 0 Å². The fourth-order valence-electron chi connectivity index (χ4n) is 2.98. The number of hydrogen-bond acceptors (Lipinski definition) is 2. The van der Waals surface area contributed by atoms with Crippen LogP contribution in [0.15, 0.2) is 12.1 Å². The van der Waals surface area contributed by atoms with Crippen LogP contribution in [-0.4, -0.2) is 26.8 Å². The standard InChI is InChI=1S/C17H27NO/c1-13-9-14(2)16(15(3)10-13)11-17(5-6-17)12-18-7-8-19-4/h9-10,18H,5-8,11-12H2,1-4H3. The van der Waals surface area contributed by atoms with Gasteiger partial charge in [0.25, 0.3) is 0 Å². The van der Waals surface area contributed by atoms with Crippen molar-refractivity contribution in [2.45, 2.75) is 40.0 Å². The highest BCUT2D eigenvalue weighted by Gasteiger charge is 2.42. The lowest BCUT2D eigenvalue weighted by molar-refractivity contribution is 0.197. The van der Waals surface area contributed by atoms with Crippen LogP contribution in [0.25, 0.3) is 0 Å². The second-order valence-corrected chi connectivity index (χ2v) is 6.22. The number of benzene rings is 1. The van der Waals surface area contributed by atoms with Gasteiger partial charge in [0.2, 0.25) is 0 Å². The van der Waals surface area contributed by atoms with Gasteiger partial charge < -0.3 is 10.1 Å². The largest absolute Gasteiger partial charge is 0.383 e. The first kappa shape index (κ1) is 14.5. The normalized spacial score (nSPS) is 16.6. The van der Waals surface area contributed by atoms with Crippen LogP contribution in [0.1, 0.15) is 35.1 Å². The van der Waals surface area contributed by atoms with Gasteiger partial charge in [-0.05, 0) is 62.1 Å². The molecule has 0 saturated heterocycles. The first-order valence-electron chi connectivity index (χ1n) is 7.33. The van der Waals surface area contributed by atoms with Gasteiger partial charge >= 0.3 is 0 Å². The summed E-state index contributed by atoms with van der Waals surface area (Å²) in [5.41, 5.74) is 6.37. The van der Waals surface area contributed by atoms with Crippen molar-refractivity contribution in [3.63, 3.8) is 0 Å². The fraction of sp³-hybridized carbons (Fsp3) is 0.647. The lowest BCUT2D eigenvalue weighted by Crippen LogP contribution is -2.28. The lowest BCUT2D eigenvalue weighted by Gasteiger charge is -2.19. The highest BCUT2D eigenvalue weighted by atomic mass is 16.5. The van der Waals surface area contributed by atoms with Gasteiger partial charge in [0.15, 0.2) is 0 Å². The summed E-state index contributed by atoms with van der Waals surface area (Å²) in [7, 11) is 1.76. The Balaban J connectivity index is 1.97. The predicted molar refractivity (Wildman–Crippen MR) is 80.8 cm³/mol. The average Bonchev–Trinajstić information content (AvgIpc) is 3.10. The summed E-state index contributed by atoms with van der Waals surface area (Å²) in [5.74, 6) is 0. The lowest BCUT2D eigenvalue weighted by atomic mass is 9.89. The topological polar surface area (TPSA) is 21.3 Å². The van der Waals surface area contributed by atoms with E-state index in [1.165, 1.54) is 36.0 Å². The second-order valence-electron chi connectivity index (χ2n) is 6.22. The van der Waals surface area contributed by atoms with Gasteiger partial charge in [0, 0.05) is 20.2 Å². The number of rotatable bonds is 7. The molecule has 19 heavy (non-hydrogen) atoms. The maximum Gasteiger partial charge on any atom is 0.0587 e. The van der Waals surface area contributed by atoms with Gasteiger partial charge in [0.1, 0.15) is 0 Å². The molecule has 1 fully saturated rings. The highest BCUT2D eigenvalue weighted by molar-refractivity contribution is 5.38. The molecule has 0 heterocycles. The number of hydrogen-bond donors (Lipinski definition) is 1. The van der Waals surface area contributed by atoms with Crippen LogP contribution >= 0.6 is 0 Å². The zero-order valence-electron chi connectivity index (χ0n) is 12.8. The first-order chi connectivity index (χ1) is 9.06. The second kappa shape index (κ2) is 6.06. The van der Waals surface area contributed by atoms with Gasteiger partial charge in [-0.15, -0.1) is 0 Å². The fourth-order valence-corrected chi connectivity index (χ4v) is 2.98. The Bertz CT molecular complexity index is 412. The van der Waals surface area contributed by atoms with Crippen molar-refractivity contribution >= 4 is 0 Å². The Morgan fingerprint density at radius 3 is 2.32 bits per heavy atom. The van der Waals surface area contributed by atoms with E-state index >= 15 is 0 Å². The van der Waals surface area contributed by atoms with Crippen LogP contribution in [0.5, 0.6) is 0 Å². The van der Waals surface area contributed by atoms with E-state index in [9.17, 15) is 0 Å². The number of ether oxygens (including phenoxy) is 1. The molecule has 106 valence electrons. The summed E-state index contributed by atoms with van der Waals surface area (Å²) in [4.78, 5) is 0. The SMILES string of the molecule is COCCNCC1(Cc2c(C)cc(C)cc2C)CC1. The molecular weight excluding hydrogens is 234 g/mol. The van der Waals surface area contributed by atoms with Crippen molar-refractivity contribution in [1.29, 1.82) is 0 Å². The Morgan fingerprint density at radius 1 is 1.16 bits per heavy atom. The minimum atomic E-state index is 0.512. The van der Waals surface area contributed by atoms with E-state index in [0.717, 1.165) is 19.7 Å². The smallest absolute Gasteiger partial charge is 0.0587 e. The Hall–Kier alpha value is -0.860. The van der Waals surface area contributed by atoms with E-state index in [-0.39, 0.29) is 0 Å². The molecule has 1 saturated carbocycles. The summed E-state index contributed by atoms with van der Waals surface area (Å²) >= 11 is 0. The van der Waals surface area contributed by atoms with Crippen molar-refractivity contribution in [2.24, 2.45) is 5.41 Å². The molecule has 0 amide bonds. The number of nitrogens with one attached hydrogen (secondary N) is 1. The van der Waals surface area contributed by atoms with Crippen molar-refractivity contribution in [3.05, 3.63) is 34.4 Å². The van der Waals surface area contributed by atoms with Crippen molar-refractivity contribution in [3.8, 4) is 0 Å². The van der Waals surface area contributed by atoms with Crippen LogP contribution < -0.4 is 5.32 Å². The Labute approximate surface area is 117 Å². The van der Waals surface area contributed by atoms with Crippen LogP contribution in [-0.2, 0) is 11.2 Å². The van der Waals surface area contributed by atoms with Crippen molar-refractivity contribution in [1.82, 2.24) is 5.32 Å². The van der Waals surface area contributed by atoms with E-state index in [0.29, 0.717) is 5.41 Å². The number of methoxy groups -OCH3 is 1. The molecule has 1 aromatic carbocycles. The first-order valence-corrected chi connectivity index (χ1v) is 7.33. The third-order valence-corrected chi connectivity index (χ3v) is 4.33. The van der Waals surface area contributed by atoms with Gasteiger partial charge in [-0.2, -0.15) is 0 Å². The predicted octanol–water partition coefficient (Wildman–Crippen LogP) is 3.17. The van der Waals surface area contributed by atoms with Crippen molar-refractivity contribution in [2.75, 3.05) is 26.8 Å². The maximum absolute atomic E-state index is 5.08. The molecule has 0 aromatic heterocycles. The summed E-state index contributed by atoms with van der Waals surface area (Å²) < 4.78 is 5.08. The Kier molecular flexibility index (Phi) is 4.64. The maximum atomic E-state index is 5.08. The van der Waals surface area contributed by atoms with Crippen molar-refractivity contribution < 1.29 is 4.74 Å². The molecule has 1 N–H and O–H groups in total. The molecule has 1 aromatic rings. The van der Waals surface area contributed by atoms with Crippen LogP contribution in [0, 0.1) is 26.2 Å². The zero-order chi connectivity index (χ0) is 13.9. The summed E-state index contributed by atoms with van der Waals surface area (Å²) in [6.45, 7) is 9.59. The summed E-state index contributed by atoms with van der Waals surface area (Å²) in [5, 5.41) is 3.53.